The number of carboxylic acid groups (broad SMARTS) is 1. The zero-order valence-electron chi connectivity index (χ0n) is 15.4. The Kier molecular flexibility index (Phi) is 11.1. The molecule has 0 aromatic heterocycles. The molecule has 0 saturated heterocycles. The van der Waals surface area contributed by atoms with Gasteiger partial charge < -0.3 is 9.84 Å². The maximum Gasteiger partial charge on any atom is 0.333 e. The topological polar surface area (TPSA) is 63.6 Å². The first-order valence-electron chi connectivity index (χ1n) is 7.81. The molecule has 0 fully saturated rings. The molecule has 0 rings (SSSR count). The third kappa shape index (κ3) is 11.3. The van der Waals surface area contributed by atoms with Gasteiger partial charge in [0.2, 0.25) is 0 Å². The van der Waals surface area contributed by atoms with Gasteiger partial charge in [-0.2, -0.15) is 0 Å². The molecule has 25 heavy (non-hydrogen) atoms. The van der Waals surface area contributed by atoms with E-state index >= 15 is 0 Å². The molecule has 0 radical (unpaired) electrons. The molecular formula is C21H26O4. The first kappa shape index (κ1) is 22.1. The van der Waals surface area contributed by atoms with Crippen molar-refractivity contribution in [3.05, 3.63) is 83.1 Å². The molecule has 1 N–H and O–H groups in total. The highest BCUT2D eigenvalue weighted by molar-refractivity contribution is 5.88. The smallest absolute Gasteiger partial charge is 0.333 e. The van der Waals surface area contributed by atoms with E-state index < -0.39 is 5.97 Å². The first-order chi connectivity index (χ1) is 11.8. The van der Waals surface area contributed by atoms with Crippen molar-refractivity contribution in [2.75, 3.05) is 7.11 Å². The Labute approximate surface area is 149 Å². The molecule has 0 aromatic rings. The van der Waals surface area contributed by atoms with E-state index in [9.17, 15) is 9.59 Å². The lowest BCUT2D eigenvalue weighted by atomic mass is 10.2. The second kappa shape index (κ2) is 12.5. The minimum absolute atomic E-state index is 0.293. The Hall–Kier alpha value is -2.88. The van der Waals surface area contributed by atoms with Crippen LogP contribution >= 0.6 is 0 Å². The Morgan fingerprint density at radius 2 is 1.16 bits per heavy atom. The molecule has 0 bridgehead atoms. The number of carbonyl (C=O) groups is 2. The van der Waals surface area contributed by atoms with Crippen LogP contribution in [0.5, 0.6) is 0 Å². The van der Waals surface area contributed by atoms with Gasteiger partial charge in [0.1, 0.15) is 0 Å². The molecule has 0 saturated carbocycles. The van der Waals surface area contributed by atoms with Crippen molar-refractivity contribution in [1.82, 2.24) is 0 Å². The predicted molar refractivity (Wildman–Crippen MR) is 102 cm³/mol. The van der Waals surface area contributed by atoms with Crippen LogP contribution in [0.25, 0.3) is 0 Å². The Morgan fingerprint density at radius 3 is 1.56 bits per heavy atom. The fourth-order valence-electron chi connectivity index (χ4n) is 1.51. The van der Waals surface area contributed by atoms with Gasteiger partial charge >= 0.3 is 11.9 Å². The standard InChI is InChI=1S/C21H26O4/c1-16(12-8-14-18(3)20(22)23)10-6-7-11-17(2)13-9-15-19(4)21(24)25-5/h6-15H,1-5H3,(H,22,23)/b7-6+,12-8+,13-9+,16-10+,17-11+,18-14+,19-15+. The molecule has 0 aliphatic rings. The first-order valence-corrected chi connectivity index (χ1v) is 7.81. The van der Waals surface area contributed by atoms with Gasteiger partial charge in [-0.1, -0.05) is 71.9 Å². The van der Waals surface area contributed by atoms with Crippen molar-refractivity contribution in [3.8, 4) is 0 Å². The number of carboxylic acids is 1. The molecule has 0 amide bonds. The number of methoxy groups -OCH3 is 1. The Morgan fingerprint density at radius 1 is 0.720 bits per heavy atom. The number of carbonyl (C=O) groups excluding carboxylic acids is 1. The van der Waals surface area contributed by atoms with E-state index in [0.29, 0.717) is 11.1 Å². The molecule has 0 spiro atoms. The lowest BCUT2D eigenvalue weighted by molar-refractivity contribution is -0.136. The molecule has 0 aliphatic carbocycles. The second-order valence-electron chi connectivity index (χ2n) is 5.42. The number of allylic oxidation sites excluding steroid dienone is 12. The predicted octanol–water partition coefficient (Wildman–Crippen LogP) is 4.70. The van der Waals surface area contributed by atoms with E-state index in [2.05, 4.69) is 4.74 Å². The zero-order chi connectivity index (χ0) is 19.2. The minimum atomic E-state index is -0.920. The number of esters is 1. The maximum atomic E-state index is 11.2. The van der Waals surface area contributed by atoms with E-state index in [0.717, 1.165) is 11.1 Å². The Bertz CT molecular complexity index is 681. The van der Waals surface area contributed by atoms with Gasteiger partial charge in [0.25, 0.3) is 0 Å². The number of hydrogen-bond donors (Lipinski definition) is 1. The molecule has 4 heteroatoms. The van der Waals surface area contributed by atoms with Crippen LogP contribution in [0.2, 0.25) is 0 Å². The number of rotatable bonds is 8. The van der Waals surface area contributed by atoms with E-state index in [1.165, 1.54) is 7.11 Å². The molecule has 0 aliphatic heterocycles. The number of ether oxygens (including phenoxy) is 1. The van der Waals surface area contributed by atoms with Crippen LogP contribution in [-0.4, -0.2) is 24.2 Å². The summed E-state index contributed by atoms with van der Waals surface area (Å²) < 4.78 is 4.61. The summed E-state index contributed by atoms with van der Waals surface area (Å²) in [7, 11) is 1.35. The van der Waals surface area contributed by atoms with E-state index in [-0.39, 0.29) is 5.97 Å². The fourth-order valence-corrected chi connectivity index (χ4v) is 1.51. The van der Waals surface area contributed by atoms with Crippen molar-refractivity contribution in [3.63, 3.8) is 0 Å². The monoisotopic (exact) mass is 342 g/mol. The molecule has 0 heterocycles. The Balaban J connectivity index is 4.65. The summed E-state index contributed by atoms with van der Waals surface area (Å²) in [5.74, 6) is -1.26. The zero-order valence-corrected chi connectivity index (χ0v) is 15.4. The van der Waals surface area contributed by atoms with Crippen LogP contribution in [0.3, 0.4) is 0 Å². The maximum absolute atomic E-state index is 11.2. The second-order valence-corrected chi connectivity index (χ2v) is 5.42. The van der Waals surface area contributed by atoms with E-state index in [1.807, 2.05) is 50.3 Å². The quantitative estimate of drug-likeness (QED) is 0.394. The van der Waals surface area contributed by atoms with Gasteiger partial charge in [-0.05, 0) is 27.7 Å². The number of aliphatic carboxylic acids is 1. The highest BCUT2D eigenvalue weighted by Gasteiger charge is 1.99. The summed E-state index contributed by atoms with van der Waals surface area (Å²) in [5.41, 5.74) is 2.87. The van der Waals surface area contributed by atoms with Crippen molar-refractivity contribution >= 4 is 11.9 Å². The lowest BCUT2D eigenvalue weighted by Gasteiger charge is -1.95. The average molecular weight is 342 g/mol. The van der Waals surface area contributed by atoms with Crippen LogP contribution in [0.1, 0.15) is 27.7 Å². The van der Waals surface area contributed by atoms with Gasteiger partial charge in [-0.3, -0.25) is 0 Å². The molecular weight excluding hydrogens is 316 g/mol. The van der Waals surface area contributed by atoms with Crippen LogP contribution in [0.4, 0.5) is 0 Å². The fraction of sp³-hybridized carbons (Fsp3) is 0.238. The van der Waals surface area contributed by atoms with Gasteiger partial charge in [0.05, 0.1) is 7.11 Å². The molecule has 0 aromatic carbocycles. The average Bonchev–Trinajstić information content (AvgIpc) is 2.57. The highest BCUT2D eigenvalue weighted by atomic mass is 16.5. The summed E-state index contributed by atoms with van der Waals surface area (Å²) in [4.78, 5) is 21.9. The van der Waals surface area contributed by atoms with Gasteiger partial charge in [-0.25, -0.2) is 9.59 Å². The van der Waals surface area contributed by atoms with Crippen molar-refractivity contribution in [1.29, 1.82) is 0 Å². The molecule has 0 unspecified atom stereocenters. The van der Waals surface area contributed by atoms with Gasteiger partial charge in [-0.15, -0.1) is 0 Å². The van der Waals surface area contributed by atoms with Crippen LogP contribution in [-0.2, 0) is 14.3 Å². The highest BCUT2D eigenvalue weighted by Crippen LogP contribution is 2.01. The van der Waals surface area contributed by atoms with Crippen LogP contribution < -0.4 is 0 Å². The summed E-state index contributed by atoms with van der Waals surface area (Å²) >= 11 is 0. The largest absolute Gasteiger partial charge is 0.478 e. The van der Waals surface area contributed by atoms with Gasteiger partial charge in [0, 0.05) is 11.1 Å². The summed E-state index contributed by atoms with van der Waals surface area (Å²) in [6.45, 7) is 7.14. The van der Waals surface area contributed by atoms with Crippen molar-refractivity contribution in [2.24, 2.45) is 0 Å². The molecule has 134 valence electrons. The van der Waals surface area contributed by atoms with Crippen molar-refractivity contribution in [2.45, 2.75) is 27.7 Å². The van der Waals surface area contributed by atoms with E-state index in [4.69, 9.17) is 5.11 Å². The minimum Gasteiger partial charge on any atom is -0.478 e. The lowest BCUT2D eigenvalue weighted by Crippen LogP contribution is -2.00. The normalized spacial score (nSPS) is 14.8. The van der Waals surface area contributed by atoms with Crippen LogP contribution in [0, 0.1) is 0 Å². The SMILES string of the molecule is COC(=O)/C(C)=C/C=C/C(C)=C/C=C/C=C(C)/C=C/C=C(\C)C(=O)O. The third-order valence-corrected chi connectivity index (χ3v) is 3.08. The molecule has 4 nitrogen and oxygen atoms in total. The van der Waals surface area contributed by atoms with Crippen LogP contribution in [0.15, 0.2) is 83.1 Å². The van der Waals surface area contributed by atoms with Crippen molar-refractivity contribution < 1.29 is 19.4 Å². The third-order valence-electron chi connectivity index (χ3n) is 3.08. The van der Waals surface area contributed by atoms with Gasteiger partial charge in [0.15, 0.2) is 0 Å². The number of hydrogen-bond acceptors (Lipinski definition) is 3. The molecule has 0 atom stereocenters. The summed E-state index contributed by atoms with van der Waals surface area (Å²) in [5, 5.41) is 8.74. The summed E-state index contributed by atoms with van der Waals surface area (Å²) in [6, 6.07) is 0. The van der Waals surface area contributed by atoms with E-state index in [1.54, 1.807) is 38.2 Å². The summed E-state index contributed by atoms with van der Waals surface area (Å²) in [6.07, 6.45) is 18.2.